The highest BCUT2D eigenvalue weighted by Crippen LogP contribution is 2.18. The summed E-state index contributed by atoms with van der Waals surface area (Å²) in [6.07, 6.45) is 6.13. The number of aryl methyl sites for hydroxylation is 1. The molecule has 6 nitrogen and oxygen atoms in total. The molecule has 1 aromatic heterocycles. The number of hydrogen-bond donors (Lipinski definition) is 2. The van der Waals surface area contributed by atoms with Crippen molar-refractivity contribution in [3.63, 3.8) is 0 Å². The van der Waals surface area contributed by atoms with E-state index < -0.39 is 6.04 Å². The van der Waals surface area contributed by atoms with Crippen LogP contribution in [-0.4, -0.2) is 26.7 Å². The largest absolute Gasteiger partial charge is 0.345 e. The lowest BCUT2D eigenvalue weighted by atomic mass is 10.1. The summed E-state index contributed by atoms with van der Waals surface area (Å²) in [6, 6.07) is -0.585. The number of fused-ring (bicyclic) bond motifs is 1. The maximum Gasteiger partial charge on any atom is 0.237 e. The minimum atomic E-state index is -0.436. The first-order chi connectivity index (χ1) is 9.63. The summed E-state index contributed by atoms with van der Waals surface area (Å²) >= 11 is 0. The molecule has 0 spiro atoms. The van der Waals surface area contributed by atoms with Gasteiger partial charge >= 0.3 is 0 Å². The summed E-state index contributed by atoms with van der Waals surface area (Å²) in [7, 11) is 0. The summed E-state index contributed by atoms with van der Waals surface area (Å²) in [4.78, 5) is 12.0. The maximum atomic E-state index is 12.0. The van der Waals surface area contributed by atoms with Crippen LogP contribution < -0.4 is 11.1 Å². The van der Waals surface area contributed by atoms with Crippen molar-refractivity contribution in [3.05, 3.63) is 11.6 Å². The molecule has 0 saturated carbocycles. The molecule has 0 aromatic carbocycles. The molecule has 0 saturated heterocycles. The Hall–Kier alpha value is -1.43. The van der Waals surface area contributed by atoms with E-state index in [4.69, 9.17) is 5.73 Å². The molecule has 0 bridgehead atoms. The monoisotopic (exact) mass is 279 g/mol. The van der Waals surface area contributed by atoms with E-state index in [1.54, 1.807) is 0 Å². The number of aromatic nitrogens is 3. The van der Waals surface area contributed by atoms with Crippen molar-refractivity contribution in [1.82, 2.24) is 20.1 Å². The second-order valence-electron chi connectivity index (χ2n) is 5.56. The smallest absolute Gasteiger partial charge is 0.237 e. The number of carbonyl (C=O) groups is 1. The lowest BCUT2D eigenvalue weighted by Crippen LogP contribution is -2.42. The predicted octanol–water partition coefficient (Wildman–Crippen LogP) is 1.31. The molecule has 2 heterocycles. The molecule has 1 unspecified atom stereocenters. The molecule has 0 radical (unpaired) electrons. The number of rotatable bonds is 5. The van der Waals surface area contributed by atoms with Crippen LogP contribution in [0.15, 0.2) is 0 Å². The zero-order valence-corrected chi connectivity index (χ0v) is 12.4. The summed E-state index contributed by atoms with van der Waals surface area (Å²) < 4.78 is 2.16. The predicted molar refractivity (Wildman–Crippen MR) is 77.0 cm³/mol. The lowest BCUT2D eigenvalue weighted by Gasteiger charge is -2.17. The Balaban J connectivity index is 2.04. The Kier molecular flexibility index (Phi) is 5.11. The zero-order chi connectivity index (χ0) is 14.5. The van der Waals surface area contributed by atoms with Gasteiger partial charge in [0, 0.05) is 13.0 Å². The van der Waals surface area contributed by atoms with E-state index in [1.165, 1.54) is 12.8 Å². The van der Waals surface area contributed by atoms with Gasteiger partial charge in [0.15, 0.2) is 5.82 Å². The molecule has 3 N–H and O–H groups in total. The van der Waals surface area contributed by atoms with E-state index in [9.17, 15) is 4.79 Å². The SMILES string of the molecule is CCC[C@H](N)C(=O)NC(C)c1nnc2n1CCCCC2. The Labute approximate surface area is 120 Å². The van der Waals surface area contributed by atoms with Gasteiger partial charge in [-0.05, 0) is 26.2 Å². The van der Waals surface area contributed by atoms with Crippen molar-refractivity contribution in [3.8, 4) is 0 Å². The van der Waals surface area contributed by atoms with Crippen LogP contribution in [0.2, 0.25) is 0 Å². The van der Waals surface area contributed by atoms with E-state index >= 15 is 0 Å². The third-order valence-electron chi connectivity index (χ3n) is 3.82. The maximum absolute atomic E-state index is 12.0. The highest BCUT2D eigenvalue weighted by molar-refractivity contribution is 5.81. The van der Waals surface area contributed by atoms with Crippen LogP contribution >= 0.6 is 0 Å². The van der Waals surface area contributed by atoms with Crippen LogP contribution in [0.4, 0.5) is 0 Å². The molecule has 20 heavy (non-hydrogen) atoms. The normalized spacial score (nSPS) is 17.9. The fourth-order valence-corrected chi connectivity index (χ4v) is 2.65. The highest BCUT2D eigenvalue weighted by Gasteiger charge is 2.22. The van der Waals surface area contributed by atoms with Crippen molar-refractivity contribution in [2.75, 3.05) is 0 Å². The van der Waals surface area contributed by atoms with Gasteiger partial charge in [0.1, 0.15) is 5.82 Å². The van der Waals surface area contributed by atoms with Gasteiger partial charge in [-0.3, -0.25) is 4.79 Å². The molecular formula is C14H25N5O. The van der Waals surface area contributed by atoms with Crippen molar-refractivity contribution >= 4 is 5.91 Å². The fraction of sp³-hybridized carbons (Fsp3) is 0.786. The summed E-state index contributed by atoms with van der Waals surface area (Å²) in [5.74, 6) is 1.78. The topological polar surface area (TPSA) is 85.8 Å². The number of nitrogens with one attached hydrogen (secondary N) is 1. The van der Waals surface area contributed by atoms with Gasteiger partial charge in [0.05, 0.1) is 12.1 Å². The number of nitrogens with two attached hydrogens (primary N) is 1. The number of nitrogens with zero attached hydrogens (tertiary/aromatic N) is 3. The zero-order valence-electron chi connectivity index (χ0n) is 12.4. The molecular weight excluding hydrogens is 254 g/mol. The first-order valence-corrected chi connectivity index (χ1v) is 7.61. The second-order valence-corrected chi connectivity index (χ2v) is 5.56. The average Bonchev–Trinajstić information content (AvgIpc) is 2.68. The Morgan fingerprint density at radius 1 is 1.40 bits per heavy atom. The van der Waals surface area contributed by atoms with Gasteiger partial charge < -0.3 is 15.6 Å². The van der Waals surface area contributed by atoms with Gasteiger partial charge in [0.25, 0.3) is 0 Å². The molecule has 1 amide bonds. The molecule has 1 aliphatic rings. The van der Waals surface area contributed by atoms with Crippen molar-refractivity contribution in [2.24, 2.45) is 5.73 Å². The third-order valence-corrected chi connectivity index (χ3v) is 3.82. The van der Waals surface area contributed by atoms with Gasteiger partial charge in [-0.2, -0.15) is 0 Å². The van der Waals surface area contributed by atoms with Crippen LogP contribution in [0.1, 0.15) is 63.6 Å². The van der Waals surface area contributed by atoms with Crippen LogP contribution in [0, 0.1) is 0 Å². The van der Waals surface area contributed by atoms with Gasteiger partial charge in [0.2, 0.25) is 5.91 Å². The minimum absolute atomic E-state index is 0.106. The fourth-order valence-electron chi connectivity index (χ4n) is 2.65. The van der Waals surface area contributed by atoms with Crippen LogP contribution in [0.3, 0.4) is 0 Å². The van der Waals surface area contributed by atoms with Crippen LogP contribution in [0.5, 0.6) is 0 Å². The van der Waals surface area contributed by atoms with E-state index in [1.807, 2.05) is 13.8 Å². The summed E-state index contributed by atoms with van der Waals surface area (Å²) in [6.45, 7) is 4.91. The van der Waals surface area contributed by atoms with Crippen molar-refractivity contribution < 1.29 is 4.79 Å². The number of carbonyl (C=O) groups excluding carboxylic acids is 1. The van der Waals surface area contributed by atoms with Gasteiger partial charge in [-0.15, -0.1) is 10.2 Å². The Bertz CT molecular complexity index is 456. The number of amides is 1. The highest BCUT2D eigenvalue weighted by atomic mass is 16.2. The van der Waals surface area contributed by atoms with Crippen molar-refractivity contribution in [2.45, 2.75) is 71.0 Å². The van der Waals surface area contributed by atoms with E-state index in [0.717, 1.165) is 37.5 Å². The van der Waals surface area contributed by atoms with Gasteiger partial charge in [-0.1, -0.05) is 19.8 Å². The number of hydrogen-bond acceptors (Lipinski definition) is 4. The molecule has 1 aliphatic heterocycles. The molecule has 6 heteroatoms. The first kappa shape index (κ1) is 15.0. The standard InChI is InChI=1S/C14H25N5O/c1-3-7-11(15)14(20)16-10(2)13-18-17-12-8-5-4-6-9-19(12)13/h10-11H,3-9,15H2,1-2H3,(H,16,20)/t10?,11-/m0/s1. The van der Waals surface area contributed by atoms with E-state index in [2.05, 4.69) is 20.1 Å². The molecule has 0 aliphatic carbocycles. The van der Waals surface area contributed by atoms with Gasteiger partial charge in [-0.25, -0.2) is 0 Å². The third kappa shape index (κ3) is 3.36. The average molecular weight is 279 g/mol. The summed E-state index contributed by atoms with van der Waals surface area (Å²) in [5, 5.41) is 11.5. The Morgan fingerprint density at radius 2 is 2.20 bits per heavy atom. The summed E-state index contributed by atoms with van der Waals surface area (Å²) in [5.41, 5.74) is 5.84. The van der Waals surface area contributed by atoms with Crippen LogP contribution in [0.25, 0.3) is 0 Å². The molecule has 1 aromatic rings. The van der Waals surface area contributed by atoms with Crippen LogP contribution in [-0.2, 0) is 17.8 Å². The quantitative estimate of drug-likeness (QED) is 0.851. The Morgan fingerprint density at radius 3 is 2.95 bits per heavy atom. The van der Waals surface area contributed by atoms with E-state index in [0.29, 0.717) is 6.42 Å². The van der Waals surface area contributed by atoms with E-state index in [-0.39, 0.29) is 11.9 Å². The van der Waals surface area contributed by atoms with Crippen molar-refractivity contribution in [1.29, 1.82) is 0 Å². The minimum Gasteiger partial charge on any atom is -0.345 e. The molecule has 2 rings (SSSR count). The molecule has 112 valence electrons. The molecule has 0 fully saturated rings. The molecule has 2 atom stereocenters. The second kappa shape index (κ2) is 6.83. The lowest BCUT2D eigenvalue weighted by molar-refractivity contribution is -0.123. The first-order valence-electron chi connectivity index (χ1n) is 7.61.